The minimum atomic E-state index is -4.46. The number of hydrogen-bond acceptors (Lipinski definition) is 7. The van der Waals surface area contributed by atoms with Gasteiger partial charge in [-0.25, -0.2) is 9.29 Å². The van der Waals surface area contributed by atoms with Gasteiger partial charge in [0, 0.05) is 49.0 Å². The summed E-state index contributed by atoms with van der Waals surface area (Å²) in [5.41, 5.74) is 8.73. The van der Waals surface area contributed by atoms with Crippen molar-refractivity contribution in [2.75, 3.05) is 49.5 Å². The van der Waals surface area contributed by atoms with Crippen LogP contribution in [0.15, 0.2) is 72.1 Å². The summed E-state index contributed by atoms with van der Waals surface area (Å²) < 4.78 is 41.6. The molecule has 0 aliphatic carbocycles. The molecule has 4 N–H and O–H groups in total. The van der Waals surface area contributed by atoms with E-state index in [0.717, 1.165) is 53.5 Å². The number of nitrogens with two attached hydrogens (primary N) is 1. The van der Waals surface area contributed by atoms with Crippen molar-refractivity contribution in [3.63, 3.8) is 0 Å². The number of halogens is 4. The first-order valence-corrected chi connectivity index (χ1v) is 13.8. The van der Waals surface area contributed by atoms with Crippen molar-refractivity contribution >= 4 is 40.8 Å². The van der Waals surface area contributed by atoms with Crippen molar-refractivity contribution in [2.24, 2.45) is 5.73 Å². The van der Waals surface area contributed by atoms with Gasteiger partial charge >= 0.3 is 6.18 Å². The lowest BCUT2D eigenvalue weighted by atomic mass is 10.1. The second kappa shape index (κ2) is 13.5. The minimum absolute atomic E-state index is 0.156. The first-order chi connectivity index (χ1) is 18.7. The summed E-state index contributed by atoms with van der Waals surface area (Å²) in [5, 5.41) is 6.61. The molecule has 39 heavy (non-hydrogen) atoms. The SMILES string of the molecule is C=C(Nc1ccc(SN2CCN(c3cc(C(F)(F)F)cc(Cl)n3)CC2)cc1)c1cccc(CNCCCN)c1. The molecule has 0 atom stereocenters. The standard InChI is InChI=1S/C28H32ClF3N6S/c1-20(22-5-2-4-21(16-22)19-34-11-3-10-33)35-24-6-8-25(9-7-24)39-38-14-12-37(13-15-38)27-18-23(28(30,31)32)17-26(29)36-27/h2,4-9,16-18,34-35H,1,3,10-15,19,33H2. The fourth-order valence-corrected chi connectivity index (χ4v) is 5.25. The summed E-state index contributed by atoms with van der Waals surface area (Å²) in [4.78, 5) is 7.01. The van der Waals surface area contributed by atoms with Crippen LogP contribution in [-0.2, 0) is 12.7 Å². The first-order valence-electron chi connectivity index (χ1n) is 12.7. The molecule has 1 aromatic heterocycles. The fourth-order valence-electron chi connectivity index (χ4n) is 4.14. The van der Waals surface area contributed by atoms with Crippen molar-refractivity contribution in [1.29, 1.82) is 0 Å². The molecule has 1 aliphatic rings. The quantitative estimate of drug-likeness (QED) is 0.145. The Morgan fingerprint density at radius 3 is 2.49 bits per heavy atom. The molecule has 2 aromatic carbocycles. The van der Waals surface area contributed by atoms with Crippen LogP contribution >= 0.6 is 23.5 Å². The van der Waals surface area contributed by atoms with E-state index in [0.29, 0.717) is 32.7 Å². The lowest BCUT2D eigenvalue weighted by Crippen LogP contribution is -2.43. The smallest absolute Gasteiger partial charge is 0.356 e. The number of aromatic nitrogens is 1. The van der Waals surface area contributed by atoms with Crippen LogP contribution < -0.4 is 21.3 Å². The Morgan fingerprint density at radius 1 is 1.05 bits per heavy atom. The predicted molar refractivity (Wildman–Crippen MR) is 155 cm³/mol. The summed E-state index contributed by atoms with van der Waals surface area (Å²) >= 11 is 7.48. The van der Waals surface area contributed by atoms with Crippen molar-refractivity contribution in [3.05, 3.63) is 89.1 Å². The molecule has 4 rings (SSSR count). The molecule has 0 radical (unpaired) electrons. The molecule has 1 fully saturated rings. The van der Waals surface area contributed by atoms with Crippen LogP contribution in [0.4, 0.5) is 24.7 Å². The molecule has 2 heterocycles. The molecule has 208 valence electrons. The topological polar surface area (TPSA) is 69.5 Å². The van der Waals surface area contributed by atoms with E-state index in [1.54, 1.807) is 11.9 Å². The number of nitrogens with zero attached hydrogens (tertiary/aromatic N) is 3. The molecule has 1 saturated heterocycles. The third-order valence-electron chi connectivity index (χ3n) is 6.22. The second-order valence-electron chi connectivity index (χ2n) is 9.19. The highest BCUT2D eigenvalue weighted by molar-refractivity contribution is 7.97. The van der Waals surface area contributed by atoms with Crippen molar-refractivity contribution < 1.29 is 13.2 Å². The van der Waals surface area contributed by atoms with Gasteiger partial charge in [-0.05, 0) is 85.0 Å². The van der Waals surface area contributed by atoms with Gasteiger partial charge in [0.25, 0.3) is 0 Å². The Balaban J connectivity index is 1.27. The summed E-state index contributed by atoms with van der Waals surface area (Å²) in [7, 11) is 0. The molecule has 0 bridgehead atoms. The highest BCUT2D eigenvalue weighted by Gasteiger charge is 2.32. The zero-order chi connectivity index (χ0) is 27.8. The van der Waals surface area contributed by atoms with Crippen molar-refractivity contribution in [3.8, 4) is 0 Å². The summed E-state index contributed by atoms with van der Waals surface area (Å²) in [6.45, 7) is 9.01. The van der Waals surface area contributed by atoms with Crippen LogP contribution in [0.2, 0.25) is 5.15 Å². The summed E-state index contributed by atoms with van der Waals surface area (Å²) in [5.74, 6) is 0.253. The van der Waals surface area contributed by atoms with Gasteiger partial charge in [0.1, 0.15) is 11.0 Å². The van der Waals surface area contributed by atoms with E-state index in [4.69, 9.17) is 17.3 Å². The summed E-state index contributed by atoms with van der Waals surface area (Å²) in [6.07, 6.45) is -3.51. The van der Waals surface area contributed by atoms with Gasteiger partial charge in [-0.15, -0.1) is 0 Å². The van der Waals surface area contributed by atoms with Gasteiger partial charge in [-0.1, -0.05) is 36.4 Å². The Bertz CT molecular complexity index is 1250. The third kappa shape index (κ3) is 8.61. The normalized spacial score (nSPS) is 14.4. The average Bonchev–Trinajstić information content (AvgIpc) is 2.92. The highest BCUT2D eigenvalue weighted by atomic mass is 35.5. The minimum Gasteiger partial charge on any atom is -0.356 e. The maximum atomic E-state index is 13.2. The number of nitrogens with one attached hydrogen (secondary N) is 2. The molecule has 11 heteroatoms. The number of anilines is 2. The van der Waals surface area contributed by atoms with Gasteiger partial charge in [0.2, 0.25) is 0 Å². The predicted octanol–water partition coefficient (Wildman–Crippen LogP) is 6.10. The van der Waals surface area contributed by atoms with Gasteiger partial charge in [0.05, 0.1) is 5.56 Å². The van der Waals surface area contributed by atoms with E-state index in [1.165, 1.54) is 5.56 Å². The maximum absolute atomic E-state index is 13.2. The Hall–Kier alpha value is -2.76. The monoisotopic (exact) mass is 576 g/mol. The van der Waals surface area contributed by atoms with E-state index in [2.05, 4.69) is 38.6 Å². The highest BCUT2D eigenvalue weighted by Crippen LogP contribution is 2.34. The molecular formula is C28H32ClF3N6S. The zero-order valence-corrected chi connectivity index (χ0v) is 23.0. The second-order valence-corrected chi connectivity index (χ2v) is 10.7. The zero-order valence-electron chi connectivity index (χ0n) is 21.5. The number of benzene rings is 2. The van der Waals surface area contributed by atoms with E-state index in [-0.39, 0.29) is 11.0 Å². The largest absolute Gasteiger partial charge is 0.416 e. The van der Waals surface area contributed by atoms with Crippen molar-refractivity contribution in [1.82, 2.24) is 14.6 Å². The van der Waals surface area contributed by atoms with E-state index >= 15 is 0 Å². The number of piperazine rings is 1. The number of alkyl halides is 3. The summed E-state index contributed by atoms with van der Waals surface area (Å²) in [6, 6.07) is 18.3. The molecule has 0 amide bonds. The molecule has 0 unspecified atom stereocenters. The Morgan fingerprint density at radius 2 is 1.79 bits per heavy atom. The number of pyridine rings is 1. The lowest BCUT2D eigenvalue weighted by molar-refractivity contribution is -0.137. The van der Waals surface area contributed by atoms with Crippen LogP contribution in [0, 0.1) is 0 Å². The first kappa shape index (κ1) is 29.2. The molecule has 0 spiro atoms. The molecule has 6 nitrogen and oxygen atoms in total. The molecule has 3 aromatic rings. The van der Waals surface area contributed by atoms with Crippen LogP contribution in [0.1, 0.15) is 23.1 Å². The fraction of sp³-hybridized carbons (Fsp3) is 0.321. The van der Waals surface area contributed by atoms with Crippen molar-refractivity contribution in [2.45, 2.75) is 24.0 Å². The van der Waals surface area contributed by atoms with Crippen LogP contribution in [0.3, 0.4) is 0 Å². The number of rotatable bonds is 11. The van der Waals surface area contributed by atoms with Crippen LogP contribution in [-0.4, -0.2) is 48.6 Å². The molecule has 1 aliphatic heterocycles. The number of hydrogen-bond donors (Lipinski definition) is 3. The van der Waals surface area contributed by atoms with Gasteiger partial charge < -0.3 is 21.3 Å². The van der Waals surface area contributed by atoms with Gasteiger partial charge in [0.15, 0.2) is 0 Å². The Kier molecular flexibility index (Phi) is 10.1. The van der Waals surface area contributed by atoms with Crippen LogP contribution in [0.5, 0.6) is 0 Å². The Labute approximate surface area is 236 Å². The molecule has 0 saturated carbocycles. The lowest BCUT2D eigenvalue weighted by Gasteiger charge is -2.34. The average molecular weight is 577 g/mol. The van der Waals surface area contributed by atoms with E-state index in [1.807, 2.05) is 41.3 Å². The van der Waals surface area contributed by atoms with E-state index in [9.17, 15) is 13.2 Å². The molecular weight excluding hydrogens is 545 g/mol. The van der Waals surface area contributed by atoms with E-state index < -0.39 is 11.7 Å². The van der Waals surface area contributed by atoms with Crippen LogP contribution in [0.25, 0.3) is 5.70 Å². The third-order valence-corrected chi connectivity index (χ3v) is 7.52. The maximum Gasteiger partial charge on any atom is 0.416 e. The van der Waals surface area contributed by atoms with Gasteiger partial charge in [-0.3, -0.25) is 0 Å². The van der Waals surface area contributed by atoms with Gasteiger partial charge in [-0.2, -0.15) is 13.2 Å².